The van der Waals surface area contributed by atoms with Gasteiger partial charge in [-0.05, 0) is 24.6 Å². The van der Waals surface area contributed by atoms with Crippen molar-refractivity contribution in [1.82, 2.24) is 19.1 Å². The number of aromatic nitrogens is 4. The Hall–Kier alpha value is -4.18. The minimum atomic E-state index is -0.307. The maximum atomic E-state index is 13.2. The lowest BCUT2D eigenvalue weighted by atomic mass is 10.0. The van der Waals surface area contributed by atoms with E-state index in [2.05, 4.69) is 11.2 Å². The Morgan fingerprint density at radius 1 is 1.03 bits per heavy atom. The van der Waals surface area contributed by atoms with E-state index in [0.717, 1.165) is 5.56 Å². The van der Waals surface area contributed by atoms with Crippen LogP contribution in [0.2, 0.25) is 0 Å². The first-order valence-electron chi connectivity index (χ1n) is 9.01. The Bertz CT molecular complexity index is 1350. The van der Waals surface area contributed by atoms with Gasteiger partial charge in [-0.25, -0.2) is 9.36 Å². The highest BCUT2D eigenvalue weighted by molar-refractivity contribution is 5.68. The van der Waals surface area contributed by atoms with Crippen molar-refractivity contribution < 1.29 is 0 Å². The molecule has 0 fully saturated rings. The zero-order valence-corrected chi connectivity index (χ0v) is 16.0. The lowest BCUT2D eigenvalue weighted by molar-refractivity contribution is 0.630. The molecular formula is C22H18N6O. The molecule has 7 nitrogen and oxygen atoms in total. The van der Waals surface area contributed by atoms with Gasteiger partial charge in [-0.15, -0.1) is 0 Å². The Balaban J connectivity index is 1.97. The Morgan fingerprint density at radius 3 is 2.28 bits per heavy atom. The van der Waals surface area contributed by atoms with Gasteiger partial charge in [-0.3, -0.25) is 14.9 Å². The smallest absolute Gasteiger partial charge is 0.283 e. The topological polar surface area (TPSA) is 92.4 Å². The summed E-state index contributed by atoms with van der Waals surface area (Å²) in [5, 5.41) is 22.6. The van der Waals surface area contributed by atoms with E-state index >= 15 is 0 Å². The summed E-state index contributed by atoms with van der Waals surface area (Å²) in [6.45, 7) is 1.79. The molecule has 0 aliphatic heterocycles. The van der Waals surface area contributed by atoms with Crippen molar-refractivity contribution in [2.45, 2.75) is 6.92 Å². The van der Waals surface area contributed by atoms with Crippen LogP contribution in [-0.4, -0.2) is 19.1 Å². The molecule has 2 aromatic carbocycles. The second kappa shape index (κ2) is 7.09. The van der Waals surface area contributed by atoms with Crippen LogP contribution in [0.3, 0.4) is 0 Å². The molecule has 0 bridgehead atoms. The number of nitriles is 1. The molecule has 0 spiro atoms. The van der Waals surface area contributed by atoms with E-state index < -0.39 is 0 Å². The van der Waals surface area contributed by atoms with Crippen LogP contribution in [0.15, 0.2) is 71.7 Å². The molecule has 142 valence electrons. The van der Waals surface area contributed by atoms with Crippen molar-refractivity contribution in [2.24, 2.45) is 7.05 Å². The summed E-state index contributed by atoms with van der Waals surface area (Å²) in [4.78, 5) is 13.2. The van der Waals surface area contributed by atoms with Crippen LogP contribution in [0, 0.1) is 23.7 Å². The zero-order chi connectivity index (χ0) is 20.5. The van der Waals surface area contributed by atoms with Crippen LogP contribution in [0.1, 0.15) is 11.3 Å². The fourth-order valence-corrected chi connectivity index (χ4v) is 3.39. The average molecular weight is 382 g/mol. The summed E-state index contributed by atoms with van der Waals surface area (Å²) in [5.74, 6) is 0. The second-order valence-corrected chi connectivity index (χ2v) is 6.58. The molecule has 7 heteroatoms. The molecular weight excluding hydrogens is 364 g/mol. The Labute approximate surface area is 166 Å². The van der Waals surface area contributed by atoms with Crippen molar-refractivity contribution in [1.29, 1.82) is 10.7 Å². The Morgan fingerprint density at radius 2 is 1.66 bits per heavy atom. The Kier molecular flexibility index (Phi) is 4.45. The number of rotatable bonds is 3. The van der Waals surface area contributed by atoms with E-state index in [1.54, 1.807) is 18.7 Å². The van der Waals surface area contributed by atoms with Gasteiger partial charge in [0.2, 0.25) is 0 Å². The predicted octanol–water partition coefficient (Wildman–Crippen LogP) is 2.69. The molecule has 0 atom stereocenters. The largest absolute Gasteiger partial charge is 0.297 e. The van der Waals surface area contributed by atoms with Gasteiger partial charge in [0, 0.05) is 12.6 Å². The molecule has 4 rings (SSSR count). The monoisotopic (exact) mass is 382 g/mol. The number of nitrogens with zero attached hydrogens (tertiary/aromatic N) is 5. The van der Waals surface area contributed by atoms with Crippen LogP contribution in [-0.2, 0) is 7.05 Å². The van der Waals surface area contributed by atoms with Crippen molar-refractivity contribution >= 4 is 0 Å². The van der Waals surface area contributed by atoms with Crippen LogP contribution in [0.4, 0.5) is 0 Å². The van der Waals surface area contributed by atoms with Crippen LogP contribution < -0.4 is 11.0 Å². The predicted molar refractivity (Wildman–Crippen MR) is 109 cm³/mol. The number of hydrogen-bond acceptors (Lipinski definition) is 4. The molecule has 2 heterocycles. The van der Waals surface area contributed by atoms with E-state index in [4.69, 9.17) is 5.41 Å². The summed E-state index contributed by atoms with van der Waals surface area (Å²) in [6, 6.07) is 20.7. The molecule has 0 aliphatic rings. The third kappa shape index (κ3) is 2.87. The van der Waals surface area contributed by atoms with Crippen molar-refractivity contribution in [3.05, 3.63) is 94.0 Å². The molecule has 0 amide bonds. The summed E-state index contributed by atoms with van der Waals surface area (Å²) in [5.41, 5.74) is 2.69. The summed E-state index contributed by atoms with van der Waals surface area (Å²) in [7, 11) is 1.78. The highest BCUT2D eigenvalue weighted by Crippen LogP contribution is 2.20. The summed E-state index contributed by atoms with van der Waals surface area (Å²) in [6.07, 6.45) is 1.53. The van der Waals surface area contributed by atoms with Gasteiger partial charge in [0.15, 0.2) is 11.2 Å². The van der Waals surface area contributed by atoms with E-state index in [-0.39, 0.29) is 22.3 Å². The number of nitrogens with one attached hydrogen (secondary N) is 1. The molecule has 1 N–H and O–H groups in total. The maximum Gasteiger partial charge on any atom is 0.297 e. The lowest BCUT2D eigenvalue weighted by Gasteiger charge is -2.09. The second-order valence-electron chi connectivity index (χ2n) is 6.58. The SMILES string of the molecule is Cc1c(-n2ncc(-c3ccccc3)c(C#N)c2=N)c(=O)n(-c2ccccc2)n1C. The van der Waals surface area contributed by atoms with E-state index in [1.165, 1.54) is 15.6 Å². The first-order chi connectivity index (χ1) is 14.0. The van der Waals surface area contributed by atoms with Crippen LogP contribution in [0.5, 0.6) is 0 Å². The van der Waals surface area contributed by atoms with Gasteiger partial charge in [0.1, 0.15) is 11.6 Å². The van der Waals surface area contributed by atoms with Crippen LogP contribution >= 0.6 is 0 Å². The third-order valence-electron chi connectivity index (χ3n) is 4.95. The summed E-state index contributed by atoms with van der Waals surface area (Å²) < 4.78 is 4.48. The van der Waals surface area contributed by atoms with E-state index in [0.29, 0.717) is 16.9 Å². The molecule has 0 radical (unpaired) electrons. The maximum absolute atomic E-state index is 13.2. The third-order valence-corrected chi connectivity index (χ3v) is 4.95. The number of para-hydroxylation sites is 1. The lowest BCUT2D eigenvalue weighted by Crippen LogP contribution is -2.30. The molecule has 4 aromatic rings. The minimum absolute atomic E-state index is 0.125. The van der Waals surface area contributed by atoms with Crippen LogP contribution in [0.25, 0.3) is 22.5 Å². The highest BCUT2D eigenvalue weighted by atomic mass is 16.1. The summed E-state index contributed by atoms with van der Waals surface area (Å²) >= 11 is 0. The van der Waals surface area contributed by atoms with E-state index in [9.17, 15) is 10.1 Å². The van der Waals surface area contributed by atoms with Crippen molar-refractivity contribution in [3.8, 4) is 28.6 Å². The zero-order valence-electron chi connectivity index (χ0n) is 16.0. The molecule has 0 aliphatic carbocycles. The van der Waals surface area contributed by atoms with Gasteiger partial charge in [0.25, 0.3) is 5.56 Å². The number of hydrogen-bond donors (Lipinski definition) is 1. The molecule has 0 saturated carbocycles. The van der Waals surface area contributed by atoms with E-state index in [1.807, 2.05) is 60.7 Å². The highest BCUT2D eigenvalue weighted by Gasteiger charge is 2.21. The normalized spacial score (nSPS) is 10.7. The van der Waals surface area contributed by atoms with Gasteiger partial charge in [-0.2, -0.15) is 10.4 Å². The molecule has 2 aromatic heterocycles. The average Bonchev–Trinajstić information content (AvgIpc) is 2.97. The van der Waals surface area contributed by atoms with Gasteiger partial charge in [0.05, 0.1) is 17.6 Å². The fraction of sp³-hybridized carbons (Fsp3) is 0.0909. The molecule has 0 unspecified atom stereocenters. The fourth-order valence-electron chi connectivity index (χ4n) is 3.39. The minimum Gasteiger partial charge on any atom is -0.283 e. The molecule has 0 saturated heterocycles. The van der Waals surface area contributed by atoms with Gasteiger partial charge >= 0.3 is 0 Å². The van der Waals surface area contributed by atoms with Crippen molar-refractivity contribution in [3.63, 3.8) is 0 Å². The van der Waals surface area contributed by atoms with Gasteiger partial charge < -0.3 is 0 Å². The number of benzene rings is 2. The first kappa shape index (κ1) is 18.2. The quantitative estimate of drug-likeness (QED) is 0.590. The standard InChI is InChI=1S/C22H18N6O/c1-15-20(22(29)28(26(15)2)17-11-7-4-8-12-17)27-21(24)18(13-23)19(14-25-27)16-9-5-3-6-10-16/h3-12,14,24H,1-2H3. The molecule has 29 heavy (non-hydrogen) atoms. The first-order valence-corrected chi connectivity index (χ1v) is 9.01. The van der Waals surface area contributed by atoms with Crippen molar-refractivity contribution in [2.75, 3.05) is 0 Å². The van der Waals surface area contributed by atoms with Gasteiger partial charge in [-0.1, -0.05) is 48.5 Å².